The first-order valence-corrected chi connectivity index (χ1v) is 7.53. The van der Waals surface area contributed by atoms with E-state index < -0.39 is 0 Å². The largest absolute Gasteiger partial charge is 0.465 e. The molecule has 1 aromatic heterocycles. The molecule has 1 heterocycles. The number of pyridine rings is 1. The van der Waals surface area contributed by atoms with Crippen LogP contribution < -0.4 is 5.32 Å². The normalized spacial score (nSPS) is 15.8. The Morgan fingerprint density at radius 3 is 2.87 bits per heavy atom. The predicted molar refractivity (Wildman–Crippen MR) is 85.3 cm³/mol. The summed E-state index contributed by atoms with van der Waals surface area (Å²) in [5.74, 6) is -0.509. The van der Waals surface area contributed by atoms with Crippen LogP contribution >= 0.6 is 0 Å². The highest BCUT2D eigenvalue weighted by Gasteiger charge is 2.26. The highest BCUT2D eigenvalue weighted by atomic mass is 16.5. The quantitative estimate of drug-likeness (QED) is 0.885. The van der Waals surface area contributed by atoms with Crippen LogP contribution in [0.2, 0.25) is 0 Å². The molecule has 0 radical (unpaired) electrons. The second kappa shape index (κ2) is 6.20. The van der Waals surface area contributed by atoms with Gasteiger partial charge in [0.1, 0.15) is 0 Å². The molecule has 0 saturated heterocycles. The molecule has 1 atom stereocenters. The van der Waals surface area contributed by atoms with Crippen LogP contribution in [0.15, 0.2) is 36.5 Å². The van der Waals surface area contributed by atoms with Crippen molar-refractivity contribution >= 4 is 11.9 Å². The summed E-state index contributed by atoms with van der Waals surface area (Å²) >= 11 is 0. The third kappa shape index (κ3) is 2.95. The van der Waals surface area contributed by atoms with Gasteiger partial charge in [0.15, 0.2) is 0 Å². The fraction of sp³-hybridized carbons (Fsp3) is 0.278. The number of aryl methyl sites for hydroxylation is 2. The number of aromatic nitrogens is 1. The van der Waals surface area contributed by atoms with Crippen molar-refractivity contribution in [1.29, 1.82) is 0 Å². The number of ether oxygens (including phenoxy) is 1. The molecule has 0 bridgehead atoms. The molecule has 0 fully saturated rings. The molecule has 1 aromatic carbocycles. The lowest BCUT2D eigenvalue weighted by Crippen LogP contribution is -2.28. The summed E-state index contributed by atoms with van der Waals surface area (Å²) in [5.41, 5.74) is 3.93. The first kappa shape index (κ1) is 15.2. The molecule has 2 aromatic rings. The number of benzene rings is 1. The molecule has 1 N–H and O–H groups in total. The van der Waals surface area contributed by atoms with E-state index in [1.165, 1.54) is 7.11 Å². The Kier molecular flexibility index (Phi) is 4.10. The summed E-state index contributed by atoms with van der Waals surface area (Å²) in [6.45, 7) is 1.81. The number of nitrogens with zero attached hydrogens (tertiary/aromatic N) is 1. The number of esters is 1. The lowest BCUT2D eigenvalue weighted by atomic mass is 10.0. The van der Waals surface area contributed by atoms with E-state index >= 15 is 0 Å². The lowest BCUT2D eigenvalue weighted by Gasteiger charge is -2.15. The molecule has 1 aliphatic carbocycles. The first-order chi connectivity index (χ1) is 11.1. The number of carbonyl (C=O) groups is 2. The van der Waals surface area contributed by atoms with Gasteiger partial charge in [0.2, 0.25) is 0 Å². The van der Waals surface area contributed by atoms with Crippen LogP contribution in [0, 0.1) is 6.92 Å². The van der Waals surface area contributed by atoms with Crippen LogP contribution in [0.25, 0.3) is 0 Å². The molecule has 3 rings (SSSR count). The van der Waals surface area contributed by atoms with E-state index in [0.717, 1.165) is 24.0 Å². The van der Waals surface area contributed by atoms with Crippen LogP contribution in [0.1, 0.15) is 50.0 Å². The Morgan fingerprint density at radius 2 is 2.13 bits per heavy atom. The zero-order valence-corrected chi connectivity index (χ0v) is 13.1. The maximum absolute atomic E-state index is 12.5. The zero-order valence-electron chi connectivity index (χ0n) is 13.1. The summed E-state index contributed by atoms with van der Waals surface area (Å²) in [4.78, 5) is 28.3. The minimum atomic E-state index is -0.368. The van der Waals surface area contributed by atoms with Gasteiger partial charge in [-0.2, -0.15) is 0 Å². The summed E-state index contributed by atoms with van der Waals surface area (Å²) in [6, 6.07) is 8.93. The average Bonchev–Trinajstić information content (AvgIpc) is 2.96. The third-order valence-corrected chi connectivity index (χ3v) is 4.20. The van der Waals surface area contributed by atoms with Gasteiger partial charge in [-0.05, 0) is 55.2 Å². The number of hydrogen-bond acceptors (Lipinski definition) is 4. The molecule has 0 saturated carbocycles. The Morgan fingerprint density at radius 1 is 1.30 bits per heavy atom. The Bertz CT molecular complexity index is 771. The van der Waals surface area contributed by atoms with Crippen LogP contribution in [0.5, 0.6) is 0 Å². The van der Waals surface area contributed by atoms with Crippen molar-refractivity contribution in [3.63, 3.8) is 0 Å². The van der Waals surface area contributed by atoms with Crippen molar-refractivity contribution in [3.8, 4) is 0 Å². The van der Waals surface area contributed by atoms with E-state index in [0.29, 0.717) is 16.8 Å². The summed E-state index contributed by atoms with van der Waals surface area (Å²) in [7, 11) is 1.36. The van der Waals surface area contributed by atoms with E-state index in [4.69, 9.17) is 4.74 Å². The van der Waals surface area contributed by atoms with Gasteiger partial charge in [-0.3, -0.25) is 9.78 Å². The van der Waals surface area contributed by atoms with Gasteiger partial charge in [0.05, 0.1) is 24.3 Å². The number of hydrogen-bond donors (Lipinski definition) is 1. The number of fused-ring (bicyclic) bond motifs is 1. The minimum Gasteiger partial charge on any atom is -0.465 e. The number of rotatable bonds is 3. The van der Waals surface area contributed by atoms with E-state index in [-0.39, 0.29) is 17.9 Å². The fourth-order valence-electron chi connectivity index (χ4n) is 2.96. The smallest absolute Gasteiger partial charge is 0.337 e. The maximum atomic E-state index is 12.5. The third-order valence-electron chi connectivity index (χ3n) is 4.20. The molecule has 23 heavy (non-hydrogen) atoms. The van der Waals surface area contributed by atoms with E-state index in [1.54, 1.807) is 24.4 Å². The van der Waals surface area contributed by atoms with Crippen molar-refractivity contribution < 1.29 is 14.3 Å². The van der Waals surface area contributed by atoms with E-state index in [9.17, 15) is 9.59 Å². The van der Waals surface area contributed by atoms with Crippen molar-refractivity contribution in [2.75, 3.05) is 7.11 Å². The standard InChI is InChI=1S/C18H18N2O3/c1-11-14(4-3-9-19-11)17(21)20-16-8-7-12-5-6-13(10-15(12)16)18(22)23-2/h3-6,9-10,16H,7-8H2,1-2H3,(H,20,21)/t16-/m1/s1. The number of amides is 1. The molecule has 1 aliphatic rings. The molecular weight excluding hydrogens is 292 g/mol. The molecule has 118 valence electrons. The molecule has 5 nitrogen and oxygen atoms in total. The molecular formula is C18H18N2O3. The second-order valence-corrected chi connectivity index (χ2v) is 5.61. The summed E-state index contributed by atoms with van der Waals surface area (Å²) < 4.78 is 4.76. The number of nitrogens with one attached hydrogen (secondary N) is 1. The Hall–Kier alpha value is -2.69. The van der Waals surface area contributed by atoms with Gasteiger partial charge in [-0.1, -0.05) is 6.07 Å². The molecule has 0 spiro atoms. The molecule has 5 heteroatoms. The van der Waals surface area contributed by atoms with Crippen LogP contribution in [-0.4, -0.2) is 24.0 Å². The maximum Gasteiger partial charge on any atom is 0.337 e. The Labute approximate surface area is 134 Å². The average molecular weight is 310 g/mol. The first-order valence-electron chi connectivity index (χ1n) is 7.53. The van der Waals surface area contributed by atoms with E-state index in [2.05, 4.69) is 10.3 Å². The van der Waals surface area contributed by atoms with Crippen LogP contribution in [-0.2, 0) is 11.2 Å². The molecule has 0 aliphatic heterocycles. The van der Waals surface area contributed by atoms with Gasteiger partial charge in [0.25, 0.3) is 5.91 Å². The zero-order chi connectivity index (χ0) is 16.4. The number of carbonyl (C=O) groups excluding carboxylic acids is 2. The van der Waals surface area contributed by atoms with Gasteiger partial charge in [-0.15, -0.1) is 0 Å². The SMILES string of the molecule is COC(=O)c1ccc2c(c1)[C@H](NC(=O)c1cccnc1C)CC2. The minimum absolute atomic E-state index is 0.0956. The Balaban J connectivity index is 1.83. The fourth-order valence-corrected chi connectivity index (χ4v) is 2.96. The highest BCUT2D eigenvalue weighted by Crippen LogP contribution is 2.32. The molecule has 1 amide bonds. The highest BCUT2D eigenvalue weighted by molar-refractivity contribution is 5.95. The van der Waals surface area contributed by atoms with Crippen molar-refractivity contribution in [2.24, 2.45) is 0 Å². The van der Waals surface area contributed by atoms with Gasteiger partial charge in [0, 0.05) is 11.9 Å². The van der Waals surface area contributed by atoms with Crippen molar-refractivity contribution in [3.05, 3.63) is 64.5 Å². The van der Waals surface area contributed by atoms with E-state index in [1.807, 2.05) is 19.1 Å². The van der Waals surface area contributed by atoms with Crippen molar-refractivity contribution in [2.45, 2.75) is 25.8 Å². The lowest BCUT2D eigenvalue weighted by molar-refractivity contribution is 0.0600. The van der Waals surface area contributed by atoms with Crippen LogP contribution in [0.3, 0.4) is 0 Å². The second-order valence-electron chi connectivity index (χ2n) is 5.61. The van der Waals surface area contributed by atoms with Gasteiger partial charge < -0.3 is 10.1 Å². The molecule has 0 unspecified atom stereocenters. The monoisotopic (exact) mass is 310 g/mol. The van der Waals surface area contributed by atoms with Crippen LogP contribution in [0.4, 0.5) is 0 Å². The summed E-state index contributed by atoms with van der Waals surface area (Å²) in [5, 5.41) is 3.05. The summed E-state index contributed by atoms with van der Waals surface area (Å²) in [6.07, 6.45) is 3.37. The predicted octanol–water partition coefficient (Wildman–Crippen LogP) is 2.59. The van der Waals surface area contributed by atoms with Gasteiger partial charge in [-0.25, -0.2) is 4.79 Å². The van der Waals surface area contributed by atoms with Gasteiger partial charge >= 0.3 is 5.97 Å². The van der Waals surface area contributed by atoms with Crippen molar-refractivity contribution in [1.82, 2.24) is 10.3 Å². The topological polar surface area (TPSA) is 68.3 Å². The number of methoxy groups -OCH3 is 1.